The number of ether oxygens (including phenoxy) is 6. The predicted molar refractivity (Wildman–Crippen MR) is 395 cm³/mol. The Morgan fingerprint density at radius 3 is 0.851 bits per heavy atom. The van der Waals surface area contributed by atoms with Crippen LogP contribution in [0.15, 0.2) is 182 Å². The molecule has 2 atom stereocenters. The van der Waals surface area contributed by atoms with Crippen molar-refractivity contribution < 1.29 is 28.4 Å². The van der Waals surface area contributed by atoms with Gasteiger partial charge in [-0.1, -0.05) is 100 Å². The maximum atomic E-state index is 6.25. The summed E-state index contributed by atoms with van der Waals surface area (Å²) in [5, 5.41) is 9.07. The van der Waals surface area contributed by atoms with Crippen molar-refractivity contribution in [1.82, 2.24) is 9.97 Å². The van der Waals surface area contributed by atoms with Crippen molar-refractivity contribution in [3.8, 4) is 68.5 Å². The van der Waals surface area contributed by atoms with Gasteiger partial charge < -0.3 is 28.4 Å². The fourth-order valence-electron chi connectivity index (χ4n) is 11.4. The van der Waals surface area contributed by atoms with Gasteiger partial charge in [-0.2, -0.15) is 0 Å². The van der Waals surface area contributed by atoms with Crippen LogP contribution in [0.5, 0.6) is 46.0 Å². The van der Waals surface area contributed by atoms with E-state index in [1.165, 1.54) is 77.5 Å². The molecule has 0 saturated heterocycles. The Morgan fingerprint density at radius 2 is 0.553 bits per heavy atom. The predicted octanol–water partition coefficient (Wildman–Crippen LogP) is 23.6. The molecule has 12 aromatic rings. The summed E-state index contributed by atoms with van der Waals surface area (Å²) in [4.78, 5) is 9.34. The second-order valence-electron chi connectivity index (χ2n) is 25.9. The molecule has 0 bridgehead atoms. The highest BCUT2D eigenvalue weighted by Gasteiger charge is 2.17. The third-order valence-electron chi connectivity index (χ3n) is 17.0. The summed E-state index contributed by atoms with van der Waals surface area (Å²) in [6.45, 7) is 35.4. The molecule has 0 aliphatic rings. The van der Waals surface area contributed by atoms with E-state index < -0.39 is 0 Å². The maximum absolute atomic E-state index is 6.25. The van der Waals surface area contributed by atoms with Crippen LogP contribution < -0.4 is 28.4 Å². The van der Waals surface area contributed by atoms with Crippen molar-refractivity contribution in [2.75, 3.05) is 27.4 Å². The van der Waals surface area contributed by atoms with Crippen molar-refractivity contribution in [2.24, 2.45) is 11.8 Å². The molecule has 0 fully saturated rings. The van der Waals surface area contributed by atoms with Crippen LogP contribution >= 0.6 is 0 Å². The number of hydrogen-bond acceptors (Lipinski definition) is 8. The number of hydrogen-bond donors (Lipinski definition) is 0. The van der Waals surface area contributed by atoms with E-state index in [4.69, 9.17) is 28.4 Å². The van der Waals surface area contributed by atoms with Crippen LogP contribution in [-0.4, -0.2) is 37.4 Å². The molecule has 8 heteroatoms. The lowest BCUT2D eigenvalue weighted by Gasteiger charge is -2.18. The average Bonchev–Trinajstić information content (AvgIpc) is 0.793. The first-order chi connectivity index (χ1) is 45.1. The third-order valence-corrected chi connectivity index (χ3v) is 17.0. The van der Waals surface area contributed by atoms with E-state index >= 15 is 0 Å². The third kappa shape index (κ3) is 17.5. The Balaban J connectivity index is 0.000000150. The monoisotopic (exact) mass is 1250 g/mol. The fourth-order valence-corrected chi connectivity index (χ4v) is 11.4. The van der Waals surface area contributed by atoms with Gasteiger partial charge >= 0.3 is 0 Å². The zero-order chi connectivity index (χ0) is 67.3. The van der Waals surface area contributed by atoms with Gasteiger partial charge in [0.1, 0.15) is 46.0 Å². The lowest BCUT2D eigenvalue weighted by molar-refractivity contribution is 0.257. The van der Waals surface area contributed by atoms with Gasteiger partial charge in [-0.25, -0.2) is 0 Å². The summed E-state index contributed by atoms with van der Waals surface area (Å²) in [5.41, 5.74) is 18.6. The minimum atomic E-state index is 0.562. The van der Waals surface area contributed by atoms with E-state index in [9.17, 15) is 0 Å². The van der Waals surface area contributed by atoms with Gasteiger partial charge in [-0.05, 0) is 283 Å². The van der Waals surface area contributed by atoms with E-state index in [1.807, 2.05) is 48.8 Å². The number of methoxy groups -OCH3 is 2. The van der Waals surface area contributed by atoms with Gasteiger partial charge in [0.15, 0.2) is 0 Å². The van der Waals surface area contributed by atoms with Gasteiger partial charge in [-0.3, -0.25) is 9.97 Å². The number of benzene rings is 10. The molecule has 0 aliphatic heterocycles. The molecule has 2 aromatic heterocycles. The van der Waals surface area contributed by atoms with E-state index in [2.05, 4.69) is 254 Å². The summed E-state index contributed by atoms with van der Waals surface area (Å²) in [7, 11) is 3.39. The molecule has 0 N–H and O–H groups in total. The van der Waals surface area contributed by atoms with Gasteiger partial charge in [0.05, 0.1) is 38.8 Å². The summed E-state index contributed by atoms with van der Waals surface area (Å²) < 4.78 is 35.6. The molecule has 0 saturated carbocycles. The summed E-state index contributed by atoms with van der Waals surface area (Å²) in [5.74, 6) is 8.23. The Kier molecular flexibility index (Phi) is 22.9. The number of rotatable bonds is 16. The molecule has 0 aliphatic carbocycles. The molecule has 2 heterocycles. The average molecular weight is 1250 g/mol. The second kappa shape index (κ2) is 31.3. The van der Waals surface area contributed by atoms with Gasteiger partial charge in [0.2, 0.25) is 0 Å². The Morgan fingerprint density at radius 1 is 0.287 bits per heavy atom. The van der Waals surface area contributed by atoms with Crippen LogP contribution in [0.1, 0.15) is 107 Å². The summed E-state index contributed by atoms with van der Waals surface area (Å²) in [6, 6.07) is 59.2. The fraction of sp³-hybridized carbons (Fsp3) is 0.279. The van der Waals surface area contributed by atoms with Crippen LogP contribution in [0.4, 0.5) is 0 Å². The first-order valence-corrected chi connectivity index (χ1v) is 33.0. The molecule has 0 spiro atoms. The molecule has 10 aromatic carbocycles. The van der Waals surface area contributed by atoms with Crippen molar-refractivity contribution in [2.45, 2.75) is 124 Å². The highest BCUT2D eigenvalue weighted by atomic mass is 16.5. The first-order valence-electron chi connectivity index (χ1n) is 33.0. The van der Waals surface area contributed by atoms with E-state index in [0.717, 1.165) is 127 Å². The van der Waals surface area contributed by atoms with Crippen LogP contribution in [0.3, 0.4) is 0 Å². The standard InChI is InChI=1S/C26H24O2.C24H22N2.C22H32O2.C14H16O2/c1-17-5-9-21(10-6-17)27-25-15-19(3)14-24-23(25)13-20(4)16-26(24)28-22-11-7-18(2)8-12-22;1-15-5-7-23(25-13-15)21-11-17(3)10-20-19(21)9-18(4)12-22(20)24-8-6-16(2)14-26-24;1-7-15(3)13-23-21-11-17(5)10-20-19(21)9-18(6)12-22(20)24-14-16(4)8-2;1-9-5-11-12(13(7-9)15-3)6-10(2)8-14(11)16-4/h5-16H,1-4H3;5-14H,1-4H3;9-12,15-16H,7-8,13-14H2,1-6H3;5-8H,1-4H3. The number of fused-ring (bicyclic) bond motifs is 4. The molecular weight excluding hydrogens is 1160 g/mol. The molecule has 8 nitrogen and oxygen atoms in total. The lowest BCUT2D eigenvalue weighted by Crippen LogP contribution is -2.09. The summed E-state index contributed by atoms with van der Waals surface area (Å²) in [6.07, 6.45) is 6.13. The van der Waals surface area contributed by atoms with Gasteiger partial charge in [0.25, 0.3) is 0 Å². The highest BCUT2D eigenvalue weighted by Crippen LogP contribution is 2.41. The van der Waals surface area contributed by atoms with Crippen LogP contribution in [0.2, 0.25) is 0 Å². The molecule has 0 radical (unpaired) electrons. The van der Waals surface area contributed by atoms with Crippen molar-refractivity contribution in [3.63, 3.8) is 0 Å². The van der Waals surface area contributed by atoms with E-state index in [-0.39, 0.29) is 0 Å². The van der Waals surface area contributed by atoms with Crippen molar-refractivity contribution >= 4 is 43.1 Å². The quantitative estimate of drug-likeness (QED) is 0.0947. The topological polar surface area (TPSA) is 81.2 Å². The molecule has 94 heavy (non-hydrogen) atoms. The lowest BCUT2D eigenvalue weighted by atomic mass is 9.92. The van der Waals surface area contributed by atoms with Crippen LogP contribution in [0, 0.1) is 94.9 Å². The molecule has 0 amide bonds. The molecule has 2 unspecified atom stereocenters. The zero-order valence-electron chi connectivity index (χ0n) is 58.6. The molecule has 12 rings (SSSR count). The number of pyridine rings is 2. The van der Waals surface area contributed by atoms with Crippen LogP contribution in [0.25, 0.3) is 65.6 Å². The van der Waals surface area contributed by atoms with Crippen molar-refractivity contribution in [1.29, 1.82) is 0 Å². The smallest absolute Gasteiger partial charge is 0.135 e. The normalized spacial score (nSPS) is 11.6. The van der Waals surface area contributed by atoms with E-state index in [1.54, 1.807) is 14.2 Å². The highest BCUT2D eigenvalue weighted by molar-refractivity contribution is 6.05. The Hall–Kier alpha value is -9.66. The minimum Gasteiger partial charge on any atom is -0.496 e. The van der Waals surface area contributed by atoms with Crippen LogP contribution in [-0.2, 0) is 0 Å². The number of aromatic nitrogens is 2. The zero-order valence-corrected chi connectivity index (χ0v) is 58.6. The number of nitrogens with zero attached hydrogens (tertiary/aromatic N) is 2. The maximum Gasteiger partial charge on any atom is 0.135 e. The number of aryl methyl sites for hydroxylation is 12. The van der Waals surface area contributed by atoms with Gasteiger partial charge in [0, 0.05) is 55.8 Å². The summed E-state index contributed by atoms with van der Waals surface area (Å²) >= 11 is 0. The Bertz CT molecular complexity index is 4280. The minimum absolute atomic E-state index is 0.562. The second-order valence-corrected chi connectivity index (χ2v) is 25.9. The van der Waals surface area contributed by atoms with Gasteiger partial charge in [-0.15, -0.1) is 0 Å². The van der Waals surface area contributed by atoms with Crippen molar-refractivity contribution in [3.05, 3.63) is 249 Å². The SMILES string of the molecule is CCC(C)COc1cc(C)cc2c(OCC(C)CC)cc(C)cc12.COc1cc(C)cc2c(OC)cc(C)cc12.Cc1ccc(-c2cc(C)cc3c(-c4ccc(C)cn4)cc(C)cc23)nc1.Cc1ccc(Oc2cc(C)cc3c(Oc4ccc(C)cc4)cc(C)cc23)cc1. The first kappa shape index (κ1) is 68.7. The molecule has 484 valence electrons. The largest absolute Gasteiger partial charge is 0.496 e. The van der Waals surface area contributed by atoms with E-state index in [0.29, 0.717) is 11.8 Å². The Labute approximate surface area is 558 Å². The molecular formula is C86H94N2O6.